The van der Waals surface area contributed by atoms with Gasteiger partial charge in [0.2, 0.25) is 5.91 Å². The highest BCUT2D eigenvalue weighted by Crippen LogP contribution is 2.19. The summed E-state index contributed by atoms with van der Waals surface area (Å²) in [5.74, 6) is 1.04. The molecule has 0 aliphatic carbocycles. The number of piperidine rings is 1. The Morgan fingerprint density at radius 2 is 1.64 bits per heavy atom. The van der Waals surface area contributed by atoms with E-state index in [-0.39, 0.29) is 12.0 Å². The van der Waals surface area contributed by atoms with E-state index in [0.717, 1.165) is 50.5 Å². The maximum atomic E-state index is 12.0. The molecule has 132 valence electrons. The fraction of sp³-hybridized carbons (Fsp3) is 0.381. The lowest BCUT2D eigenvalue weighted by Gasteiger charge is -2.33. The highest BCUT2D eigenvalue weighted by atomic mass is 16.5. The second kappa shape index (κ2) is 8.67. The molecule has 2 aromatic rings. The van der Waals surface area contributed by atoms with Crippen LogP contribution >= 0.6 is 0 Å². The van der Waals surface area contributed by atoms with Crippen LogP contribution in [-0.4, -0.2) is 43.1 Å². The minimum Gasteiger partial charge on any atom is -0.490 e. The van der Waals surface area contributed by atoms with E-state index in [9.17, 15) is 4.79 Å². The van der Waals surface area contributed by atoms with Gasteiger partial charge < -0.3 is 14.5 Å². The van der Waals surface area contributed by atoms with Crippen molar-refractivity contribution in [2.45, 2.75) is 25.9 Å². The molecule has 0 N–H and O–H groups in total. The number of likely N-dealkylation sites (tertiary alicyclic amines) is 1. The minimum absolute atomic E-state index is 0.0912. The van der Waals surface area contributed by atoms with E-state index in [1.807, 2.05) is 65.6 Å². The van der Waals surface area contributed by atoms with Gasteiger partial charge in [-0.3, -0.25) is 4.79 Å². The molecule has 0 atom stereocenters. The van der Waals surface area contributed by atoms with Gasteiger partial charge in [-0.25, -0.2) is 0 Å². The van der Waals surface area contributed by atoms with Crippen molar-refractivity contribution in [3.63, 3.8) is 0 Å². The monoisotopic (exact) mass is 338 g/mol. The SMILES string of the molecule is CC(=O)N(CCN1CCC(Oc2ccccc2)CC1)c1ccccc1. The van der Waals surface area contributed by atoms with E-state index in [1.165, 1.54) is 0 Å². The smallest absolute Gasteiger partial charge is 0.223 e. The van der Waals surface area contributed by atoms with E-state index < -0.39 is 0 Å². The highest BCUT2D eigenvalue weighted by Gasteiger charge is 2.21. The van der Waals surface area contributed by atoms with Crippen LogP contribution in [0, 0.1) is 0 Å². The number of anilines is 1. The minimum atomic E-state index is 0.0912. The van der Waals surface area contributed by atoms with Gasteiger partial charge in [0, 0.05) is 38.8 Å². The zero-order valence-corrected chi connectivity index (χ0v) is 14.8. The second-order valence-electron chi connectivity index (χ2n) is 6.48. The van der Waals surface area contributed by atoms with E-state index in [4.69, 9.17) is 4.74 Å². The van der Waals surface area contributed by atoms with Crippen LogP contribution in [0.5, 0.6) is 5.75 Å². The van der Waals surface area contributed by atoms with Crippen LogP contribution in [0.1, 0.15) is 19.8 Å². The van der Waals surface area contributed by atoms with Crippen molar-refractivity contribution < 1.29 is 9.53 Å². The first-order chi connectivity index (χ1) is 12.2. The molecule has 0 saturated carbocycles. The molecular weight excluding hydrogens is 312 g/mol. The molecule has 1 saturated heterocycles. The maximum absolute atomic E-state index is 12.0. The van der Waals surface area contributed by atoms with Gasteiger partial charge in [-0.1, -0.05) is 36.4 Å². The molecule has 0 radical (unpaired) electrons. The first-order valence-corrected chi connectivity index (χ1v) is 8.99. The molecule has 1 aliphatic rings. The highest BCUT2D eigenvalue weighted by molar-refractivity contribution is 5.91. The molecule has 1 amide bonds. The molecule has 4 nitrogen and oxygen atoms in total. The van der Waals surface area contributed by atoms with Gasteiger partial charge >= 0.3 is 0 Å². The summed E-state index contributed by atoms with van der Waals surface area (Å²) in [7, 11) is 0. The van der Waals surface area contributed by atoms with Crippen molar-refractivity contribution in [2.75, 3.05) is 31.1 Å². The molecule has 0 unspecified atom stereocenters. The van der Waals surface area contributed by atoms with Crippen molar-refractivity contribution in [3.05, 3.63) is 60.7 Å². The Kier molecular flexibility index (Phi) is 6.07. The van der Waals surface area contributed by atoms with E-state index in [0.29, 0.717) is 0 Å². The molecule has 1 heterocycles. The molecule has 0 aromatic heterocycles. The zero-order chi connectivity index (χ0) is 17.5. The summed E-state index contributed by atoms with van der Waals surface area (Å²) < 4.78 is 6.05. The molecule has 1 aliphatic heterocycles. The second-order valence-corrected chi connectivity index (χ2v) is 6.48. The average molecular weight is 338 g/mol. The number of hydrogen-bond donors (Lipinski definition) is 0. The summed E-state index contributed by atoms with van der Waals surface area (Å²) in [6.45, 7) is 5.28. The molecular formula is C21H26N2O2. The normalized spacial score (nSPS) is 15.7. The van der Waals surface area contributed by atoms with Crippen LogP contribution in [0.15, 0.2) is 60.7 Å². The molecule has 1 fully saturated rings. The quantitative estimate of drug-likeness (QED) is 0.807. The fourth-order valence-electron chi connectivity index (χ4n) is 3.26. The fourth-order valence-corrected chi connectivity index (χ4v) is 3.26. The van der Waals surface area contributed by atoms with Crippen LogP contribution < -0.4 is 9.64 Å². The van der Waals surface area contributed by atoms with Gasteiger partial charge in [0.1, 0.15) is 11.9 Å². The van der Waals surface area contributed by atoms with E-state index in [1.54, 1.807) is 6.92 Å². The summed E-state index contributed by atoms with van der Waals surface area (Å²) in [5.41, 5.74) is 0.970. The Balaban J connectivity index is 1.46. The number of benzene rings is 2. The summed E-state index contributed by atoms with van der Waals surface area (Å²) in [6, 6.07) is 19.9. The van der Waals surface area contributed by atoms with Gasteiger partial charge in [-0.2, -0.15) is 0 Å². The first-order valence-electron chi connectivity index (χ1n) is 8.99. The summed E-state index contributed by atoms with van der Waals surface area (Å²) in [4.78, 5) is 16.2. The average Bonchev–Trinajstić information content (AvgIpc) is 2.65. The summed E-state index contributed by atoms with van der Waals surface area (Å²) in [6.07, 6.45) is 2.34. The van der Waals surface area contributed by atoms with Gasteiger partial charge in [0.05, 0.1) is 0 Å². The topological polar surface area (TPSA) is 32.8 Å². The third-order valence-corrected chi connectivity index (χ3v) is 4.67. The Bertz CT molecular complexity index is 652. The van der Waals surface area contributed by atoms with E-state index in [2.05, 4.69) is 4.90 Å². The largest absolute Gasteiger partial charge is 0.490 e. The molecule has 3 rings (SSSR count). The number of rotatable bonds is 6. The van der Waals surface area contributed by atoms with Gasteiger partial charge in [0.25, 0.3) is 0 Å². The lowest BCUT2D eigenvalue weighted by Crippen LogP contribution is -2.43. The van der Waals surface area contributed by atoms with Crippen molar-refractivity contribution in [1.82, 2.24) is 4.90 Å². The lowest BCUT2D eigenvalue weighted by atomic mass is 10.1. The summed E-state index contributed by atoms with van der Waals surface area (Å²) in [5, 5.41) is 0. The van der Waals surface area contributed by atoms with Gasteiger partial charge in [0.15, 0.2) is 0 Å². The van der Waals surface area contributed by atoms with Crippen molar-refractivity contribution in [3.8, 4) is 5.75 Å². The maximum Gasteiger partial charge on any atom is 0.223 e. The zero-order valence-electron chi connectivity index (χ0n) is 14.8. The molecule has 25 heavy (non-hydrogen) atoms. The molecule has 0 spiro atoms. The third kappa shape index (κ3) is 5.07. The van der Waals surface area contributed by atoms with Crippen molar-refractivity contribution in [1.29, 1.82) is 0 Å². The Hall–Kier alpha value is -2.33. The van der Waals surface area contributed by atoms with Crippen LogP contribution in [0.3, 0.4) is 0 Å². The number of nitrogens with zero attached hydrogens (tertiary/aromatic N) is 2. The van der Waals surface area contributed by atoms with Gasteiger partial charge in [-0.05, 0) is 37.1 Å². The van der Waals surface area contributed by atoms with Crippen molar-refractivity contribution >= 4 is 11.6 Å². The summed E-state index contributed by atoms with van der Waals surface area (Å²) >= 11 is 0. The van der Waals surface area contributed by atoms with Crippen LogP contribution in [0.2, 0.25) is 0 Å². The molecule has 2 aromatic carbocycles. The number of carbonyl (C=O) groups excluding carboxylic acids is 1. The van der Waals surface area contributed by atoms with Crippen molar-refractivity contribution in [2.24, 2.45) is 0 Å². The Labute approximate surface area is 150 Å². The number of hydrogen-bond acceptors (Lipinski definition) is 3. The predicted octanol–water partition coefficient (Wildman–Crippen LogP) is 3.58. The Morgan fingerprint density at radius 1 is 1.04 bits per heavy atom. The predicted molar refractivity (Wildman–Crippen MR) is 101 cm³/mol. The number of ether oxygens (including phenoxy) is 1. The number of para-hydroxylation sites is 2. The molecule has 4 heteroatoms. The number of carbonyl (C=O) groups is 1. The first kappa shape index (κ1) is 17.5. The van der Waals surface area contributed by atoms with Gasteiger partial charge in [-0.15, -0.1) is 0 Å². The van der Waals surface area contributed by atoms with Crippen LogP contribution in [0.4, 0.5) is 5.69 Å². The standard InChI is InChI=1S/C21H26N2O2/c1-18(24)23(19-8-4-2-5-9-19)17-16-22-14-12-21(13-15-22)25-20-10-6-3-7-11-20/h2-11,21H,12-17H2,1H3. The Morgan fingerprint density at radius 3 is 2.24 bits per heavy atom. The third-order valence-electron chi connectivity index (χ3n) is 4.67. The van der Waals surface area contributed by atoms with Crippen LogP contribution in [-0.2, 0) is 4.79 Å². The van der Waals surface area contributed by atoms with E-state index >= 15 is 0 Å². The van der Waals surface area contributed by atoms with Crippen LogP contribution in [0.25, 0.3) is 0 Å². The molecule has 0 bridgehead atoms. The lowest BCUT2D eigenvalue weighted by molar-refractivity contribution is -0.116. The number of amides is 1.